The third-order valence-corrected chi connectivity index (χ3v) is 3.84. The van der Waals surface area contributed by atoms with Crippen LogP contribution < -0.4 is 10.1 Å². The highest BCUT2D eigenvalue weighted by atomic mass is 32.1. The maximum absolute atomic E-state index is 11.9. The fourth-order valence-electron chi connectivity index (χ4n) is 2.02. The molecule has 0 fully saturated rings. The van der Waals surface area contributed by atoms with Crippen LogP contribution in [0.2, 0.25) is 0 Å². The standard InChI is InChI=1S/C15H15N3O2S/c1-2-20-11-5-6-12-13(9-11)21-15(16-12)17-14(19)10-18-7-3-4-8-18/h3-9H,2,10H2,1H3,(H,16,17,19). The summed E-state index contributed by atoms with van der Waals surface area (Å²) >= 11 is 1.45. The Bertz CT molecular complexity index is 749. The van der Waals surface area contributed by atoms with Gasteiger partial charge >= 0.3 is 0 Å². The van der Waals surface area contributed by atoms with Crippen molar-refractivity contribution < 1.29 is 9.53 Å². The summed E-state index contributed by atoms with van der Waals surface area (Å²) in [4.78, 5) is 16.3. The second kappa shape index (κ2) is 5.97. The molecular weight excluding hydrogens is 286 g/mol. The molecule has 0 aliphatic rings. The van der Waals surface area contributed by atoms with Crippen molar-refractivity contribution in [3.63, 3.8) is 0 Å². The number of ether oxygens (including phenoxy) is 1. The van der Waals surface area contributed by atoms with Crippen LogP contribution in [0.5, 0.6) is 5.75 Å². The first-order valence-electron chi connectivity index (χ1n) is 6.68. The largest absolute Gasteiger partial charge is 0.494 e. The normalized spacial score (nSPS) is 10.7. The number of nitrogens with one attached hydrogen (secondary N) is 1. The quantitative estimate of drug-likeness (QED) is 0.787. The van der Waals surface area contributed by atoms with E-state index >= 15 is 0 Å². The molecule has 0 unspecified atom stereocenters. The fourth-order valence-corrected chi connectivity index (χ4v) is 2.93. The molecule has 1 aromatic carbocycles. The Morgan fingerprint density at radius 3 is 2.95 bits per heavy atom. The zero-order chi connectivity index (χ0) is 14.7. The van der Waals surface area contributed by atoms with Crippen LogP contribution in [0.4, 0.5) is 5.13 Å². The predicted octanol–water partition coefficient (Wildman–Crippen LogP) is 3.14. The van der Waals surface area contributed by atoms with Gasteiger partial charge in [0.15, 0.2) is 5.13 Å². The molecule has 3 aromatic rings. The Labute approximate surface area is 126 Å². The van der Waals surface area contributed by atoms with E-state index in [-0.39, 0.29) is 12.5 Å². The maximum atomic E-state index is 11.9. The van der Waals surface area contributed by atoms with Crippen LogP contribution in [0.15, 0.2) is 42.7 Å². The lowest BCUT2D eigenvalue weighted by Gasteiger charge is -2.02. The molecule has 0 bridgehead atoms. The zero-order valence-corrected chi connectivity index (χ0v) is 12.4. The maximum Gasteiger partial charge on any atom is 0.246 e. The number of hydrogen-bond acceptors (Lipinski definition) is 4. The van der Waals surface area contributed by atoms with E-state index < -0.39 is 0 Å². The van der Waals surface area contributed by atoms with Gasteiger partial charge in [-0.15, -0.1) is 0 Å². The van der Waals surface area contributed by atoms with Gasteiger partial charge < -0.3 is 14.6 Å². The van der Waals surface area contributed by atoms with Crippen LogP contribution in [0.25, 0.3) is 10.2 Å². The van der Waals surface area contributed by atoms with Gasteiger partial charge in [-0.3, -0.25) is 4.79 Å². The van der Waals surface area contributed by atoms with Gasteiger partial charge in [-0.05, 0) is 37.3 Å². The van der Waals surface area contributed by atoms with Gasteiger partial charge in [0.05, 0.1) is 16.8 Å². The van der Waals surface area contributed by atoms with Crippen molar-refractivity contribution in [2.45, 2.75) is 13.5 Å². The Morgan fingerprint density at radius 1 is 1.38 bits per heavy atom. The van der Waals surface area contributed by atoms with Crippen molar-refractivity contribution in [3.05, 3.63) is 42.7 Å². The lowest BCUT2D eigenvalue weighted by atomic mass is 10.3. The summed E-state index contributed by atoms with van der Waals surface area (Å²) in [5.74, 6) is 0.731. The molecule has 0 aliphatic heterocycles. The number of rotatable bonds is 5. The van der Waals surface area contributed by atoms with Crippen molar-refractivity contribution >= 4 is 32.6 Å². The van der Waals surface area contributed by atoms with E-state index in [4.69, 9.17) is 4.74 Å². The van der Waals surface area contributed by atoms with Crippen LogP contribution in [0.1, 0.15) is 6.92 Å². The minimum Gasteiger partial charge on any atom is -0.494 e. The van der Waals surface area contributed by atoms with E-state index in [1.807, 2.05) is 54.2 Å². The Hall–Kier alpha value is -2.34. The van der Waals surface area contributed by atoms with Crippen molar-refractivity contribution in [1.29, 1.82) is 0 Å². The molecule has 21 heavy (non-hydrogen) atoms. The van der Waals surface area contributed by atoms with Gasteiger partial charge in [0, 0.05) is 12.4 Å². The Morgan fingerprint density at radius 2 is 2.19 bits per heavy atom. The van der Waals surface area contributed by atoms with Gasteiger partial charge in [0.1, 0.15) is 12.3 Å². The van der Waals surface area contributed by atoms with E-state index in [0.29, 0.717) is 11.7 Å². The van der Waals surface area contributed by atoms with Gasteiger partial charge in [-0.2, -0.15) is 0 Å². The molecule has 3 rings (SSSR count). The number of carbonyl (C=O) groups excluding carboxylic acids is 1. The summed E-state index contributed by atoms with van der Waals surface area (Å²) in [6.45, 7) is 2.86. The second-order valence-corrected chi connectivity index (χ2v) is 5.52. The van der Waals surface area contributed by atoms with Crippen molar-refractivity contribution in [2.75, 3.05) is 11.9 Å². The molecule has 5 nitrogen and oxygen atoms in total. The van der Waals surface area contributed by atoms with Crippen molar-refractivity contribution in [2.24, 2.45) is 0 Å². The monoisotopic (exact) mass is 301 g/mol. The number of anilines is 1. The Balaban J connectivity index is 1.73. The smallest absolute Gasteiger partial charge is 0.246 e. The molecule has 6 heteroatoms. The van der Waals surface area contributed by atoms with Gasteiger partial charge in [0.2, 0.25) is 5.91 Å². The van der Waals surface area contributed by atoms with Gasteiger partial charge in [0.25, 0.3) is 0 Å². The van der Waals surface area contributed by atoms with Crippen LogP contribution in [-0.4, -0.2) is 22.1 Å². The average molecular weight is 301 g/mol. The fraction of sp³-hybridized carbons (Fsp3) is 0.200. The number of hydrogen-bond donors (Lipinski definition) is 1. The lowest BCUT2D eigenvalue weighted by molar-refractivity contribution is -0.116. The first-order chi connectivity index (χ1) is 10.2. The highest BCUT2D eigenvalue weighted by molar-refractivity contribution is 7.22. The highest BCUT2D eigenvalue weighted by Gasteiger charge is 2.09. The summed E-state index contributed by atoms with van der Waals surface area (Å²) in [7, 11) is 0. The zero-order valence-electron chi connectivity index (χ0n) is 11.6. The van der Waals surface area contributed by atoms with Crippen LogP contribution in [-0.2, 0) is 11.3 Å². The molecule has 0 saturated carbocycles. The molecule has 1 amide bonds. The second-order valence-electron chi connectivity index (χ2n) is 4.49. The molecular formula is C15H15N3O2S. The van der Waals surface area contributed by atoms with E-state index in [1.54, 1.807) is 0 Å². The number of fused-ring (bicyclic) bond motifs is 1. The number of thiazole rings is 1. The number of amides is 1. The van der Waals surface area contributed by atoms with Crippen molar-refractivity contribution in [1.82, 2.24) is 9.55 Å². The van der Waals surface area contributed by atoms with Gasteiger partial charge in [-0.1, -0.05) is 11.3 Å². The number of nitrogens with zero attached hydrogens (tertiary/aromatic N) is 2. The molecule has 0 atom stereocenters. The summed E-state index contributed by atoms with van der Waals surface area (Å²) in [6.07, 6.45) is 3.71. The first-order valence-corrected chi connectivity index (χ1v) is 7.50. The first kappa shape index (κ1) is 13.6. The molecule has 108 valence electrons. The summed E-state index contributed by atoms with van der Waals surface area (Å²) in [5, 5.41) is 3.44. The van der Waals surface area contributed by atoms with Crippen LogP contribution in [0, 0.1) is 0 Å². The minimum atomic E-state index is -0.0877. The molecule has 2 aromatic heterocycles. The number of benzene rings is 1. The van der Waals surface area contributed by atoms with E-state index in [0.717, 1.165) is 16.0 Å². The number of aromatic nitrogens is 2. The molecule has 2 heterocycles. The van der Waals surface area contributed by atoms with E-state index in [9.17, 15) is 4.79 Å². The molecule has 0 aliphatic carbocycles. The molecule has 0 saturated heterocycles. The van der Waals surface area contributed by atoms with Crippen molar-refractivity contribution in [3.8, 4) is 5.75 Å². The molecule has 1 N–H and O–H groups in total. The van der Waals surface area contributed by atoms with Crippen LogP contribution >= 0.6 is 11.3 Å². The lowest BCUT2D eigenvalue weighted by Crippen LogP contribution is -2.17. The summed E-state index contributed by atoms with van der Waals surface area (Å²) < 4.78 is 8.28. The van der Waals surface area contributed by atoms with Gasteiger partial charge in [-0.25, -0.2) is 4.98 Å². The molecule has 0 radical (unpaired) electrons. The average Bonchev–Trinajstić information content (AvgIpc) is 3.07. The predicted molar refractivity (Wildman–Crippen MR) is 83.9 cm³/mol. The number of carbonyl (C=O) groups is 1. The highest BCUT2D eigenvalue weighted by Crippen LogP contribution is 2.29. The SMILES string of the molecule is CCOc1ccc2nc(NC(=O)Cn3cccc3)sc2c1. The third kappa shape index (κ3) is 3.22. The summed E-state index contributed by atoms with van der Waals surface area (Å²) in [6, 6.07) is 9.51. The van der Waals surface area contributed by atoms with E-state index in [1.165, 1.54) is 11.3 Å². The topological polar surface area (TPSA) is 56.1 Å². The van der Waals surface area contributed by atoms with Crippen LogP contribution in [0.3, 0.4) is 0 Å². The van der Waals surface area contributed by atoms with E-state index in [2.05, 4.69) is 10.3 Å². The molecule has 0 spiro atoms. The third-order valence-electron chi connectivity index (χ3n) is 2.91. The Kier molecular flexibility index (Phi) is 3.87. The summed E-state index contributed by atoms with van der Waals surface area (Å²) in [5.41, 5.74) is 0.861. The minimum absolute atomic E-state index is 0.0877.